The van der Waals surface area contributed by atoms with E-state index in [1.54, 1.807) is 54.4 Å². The molecule has 26 heavy (non-hydrogen) atoms. The Bertz CT molecular complexity index is 1000. The summed E-state index contributed by atoms with van der Waals surface area (Å²) in [5.41, 5.74) is 1.09. The van der Waals surface area contributed by atoms with Crippen LogP contribution in [0.3, 0.4) is 0 Å². The molecule has 0 N–H and O–H groups in total. The largest absolute Gasteiger partial charge is 0.367 e. The quantitative estimate of drug-likeness (QED) is 0.507. The van der Waals surface area contributed by atoms with E-state index in [1.165, 1.54) is 16.9 Å². The van der Waals surface area contributed by atoms with Crippen LogP contribution in [0, 0.1) is 10.1 Å². The van der Waals surface area contributed by atoms with Crippen molar-refractivity contribution in [1.82, 2.24) is 9.78 Å². The Hall–Kier alpha value is -3.19. The first kappa shape index (κ1) is 17.6. The Balaban J connectivity index is 1.94. The van der Waals surface area contributed by atoms with Crippen LogP contribution >= 0.6 is 11.6 Å². The summed E-state index contributed by atoms with van der Waals surface area (Å²) in [6.07, 6.45) is 1.48. The zero-order valence-corrected chi connectivity index (χ0v) is 14.6. The smallest absolute Gasteiger partial charge is 0.292 e. The van der Waals surface area contributed by atoms with Gasteiger partial charge >= 0.3 is 0 Å². The number of nitrogens with zero attached hydrogens (tertiary/aromatic N) is 4. The summed E-state index contributed by atoms with van der Waals surface area (Å²) < 4.78 is 1.21. The van der Waals surface area contributed by atoms with E-state index in [0.717, 1.165) is 0 Å². The number of nitro benzene ring substituents is 1. The second kappa shape index (κ2) is 7.37. The third kappa shape index (κ3) is 3.43. The minimum atomic E-state index is -0.454. The van der Waals surface area contributed by atoms with Crippen molar-refractivity contribution in [3.8, 4) is 5.69 Å². The van der Waals surface area contributed by atoms with Crippen molar-refractivity contribution in [2.24, 2.45) is 0 Å². The van der Waals surface area contributed by atoms with Gasteiger partial charge in [0.1, 0.15) is 5.02 Å². The van der Waals surface area contributed by atoms with Gasteiger partial charge in [0.25, 0.3) is 11.2 Å². The van der Waals surface area contributed by atoms with E-state index in [-0.39, 0.29) is 17.3 Å². The highest BCUT2D eigenvalue weighted by atomic mass is 35.5. The Kier molecular flexibility index (Phi) is 4.99. The van der Waals surface area contributed by atoms with Gasteiger partial charge in [0.15, 0.2) is 0 Å². The van der Waals surface area contributed by atoms with Gasteiger partial charge in [-0.1, -0.05) is 48.0 Å². The molecule has 3 aromatic rings. The molecule has 0 aliphatic heterocycles. The van der Waals surface area contributed by atoms with Gasteiger partial charge in [-0.3, -0.25) is 14.9 Å². The average Bonchev–Trinajstić information content (AvgIpc) is 2.64. The van der Waals surface area contributed by atoms with Crippen molar-refractivity contribution in [3.63, 3.8) is 0 Å². The highest BCUT2D eigenvalue weighted by molar-refractivity contribution is 6.33. The lowest BCUT2D eigenvalue weighted by Gasteiger charge is -2.20. The van der Waals surface area contributed by atoms with Crippen molar-refractivity contribution >= 4 is 23.0 Å². The SMILES string of the molecule is CN(Cc1ccccc1[N+](=O)[O-])c1cnn(-c2ccccc2)c(=O)c1Cl. The summed E-state index contributed by atoms with van der Waals surface area (Å²) >= 11 is 6.26. The lowest BCUT2D eigenvalue weighted by Crippen LogP contribution is -2.26. The maximum absolute atomic E-state index is 12.6. The zero-order valence-electron chi connectivity index (χ0n) is 13.9. The third-order valence-corrected chi connectivity index (χ3v) is 4.26. The Morgan fingerprint density at radius 3 is 2.50 bits per heavy atom. The molecule has 8 heteroatoms. The summed E-state index contributed by atoms with van der Waals surface area (Å²) in [4.78, 5) is 24.9. The molecule has 1 heterocycles. The predicted molar refractivity (Wildman–Crippen MR) is 100 cm³/mol. The summed E-state index contributed by atoms with van der Waals surface area (Å²) in [5, 5.41) is 15.3. The second-order valence-corrected chi connectivity index (χ2v) is 6.02. The normalized spacial score (nSPS) is 10.5. The van der Waals surface area contributed by atoms with E-state index >= 15 is 0 Å². The van der Waals surface area contributed by atoms with Crippen LogP contribution in [-0.4, -0.2) is 21.8 Å². The van der Waals surface area contributed by atoms with Gasteiger partial charge in [-0.25, -0.2) is 0 Å². The first-order chi connectivity index (χ1) is 12.5. The first-order valence-electron chi connectivity index (χ1n) is 7.75. The molecule has 132 valence electrons. The topological polar surface area (TPSA) is 81.3 Å². The molecule has 3 rings (SSSR count). The fourth-order valence-corrected chi connectivity index (χ4v) is 2.88. The molecule has 0 atom stereocenters. The van der Waals surface area contributed by atoms with Crippen molar-refractivity contribution in [3.05, 3.63) is 91.8 Å². The summed E-state index contributed by atoms with van der Waals surface area (Å²) in [5.74, 6) is 0. The fraction of sp³-hybridized carbons (Fsp3) is 0.111. The van der Waals surface area contributed by atoms with Gasteiger partial charge in [-0.15, -0.1) is 0 Å². The second-order valence-electron chi connectivity index (χ2n) is 5.64. The summed E-state index contributed by atoms with van der Waals surface area (Å²) in [7, 11) is 1.70. The van der Waals surface area contributed by atoms with Crippen molar-refractivity contribution < 1.29 is 4.92 Å². The van der Waals surface area contributed by atoms with Crippen molar-refractivity contribution in [1.29, 1.82) is 0 Å². The molecule has 0 aliphatic carbocycles. The Labute approximate surface area is 154 Å². The minimum absolute atomic E-state index is 0.00457. The number of aromatic nitrogens is 2. The van der Waals surface area contributed by atoms with Crippen LogP contribution in [-0.2, 0) is 6.54 Å². The monoisotopic (exact) mass is 370 g/mol. The predicted octanol–water partition coefficient (Wildman–Crippen LogP) is 3.43. The molecule has 2 aromatic carbocycles. The van der Waals surface area contributed by atoms with Gasteiger partial charge in [0.05, 0.1) is 22.5 Å². The number of halogens is 1. The van der Waals surface area contributed by atoms with Gasteiger partial charge < -0.3 is 4.90 Å². The molecule has 0 fully saturated rings. The first-order valence-corrected chi connectivity index (χ1v) is 8.13. The highest BCUT2D eigenvalue weighted by Gasteiger charge is 2.18. The molecule has 1 aromatic heterocycles. The van der Waals surface area contributed by atoms with E-state index in [0.29, 0.717) is 16.9 Å². The maximum Gasteiger partial charge on any atom is 0.292 e. The standard InChI is InChI=1S/C18H15ClN4O3/c1-21(12-13-7-5-6-10-15(13)23(25)26)16-11-20-22(18(24)17(16)19)14-8-3-2-4-9-14/h2-11H,12H2,1H3. The van der Waals surface area contributed by atoms with E-state index < -0.39 is 10.5 Å². The fourth-order valence-electron chi connectivity index (χ4n) is 2.61. The molecule has 0 spiro atoms. The molecule has 0 saturated heterocycles. The summed E-state index contributed by atoms with van der Waals surface area (Å²) in [6.45, 7) is 0.216. The molecular weight excluding hydrogens is 356 g/mol. The van der Waals surface area contributed by atoms with E-state index in [1.807, 2.05) is 6.07 Å². The molecule has 0 aliphatic rings. The number of nitro groups is 1. The molecule has 0 bridgehead atoms. The van der Waals surface area contributed by atoms with Gasteiger partial charge in [-0.05, 0) is 12.1 Å². The van der Waals surface area contributed by atoms with Crippen LogP contribution in [0.5, 0.6) is 0 Å². The van der Waals surface area contributed by atoms with Crippen molar-refractivity contribution in [2.45, 2.75) is 6.54 Å². The van der Waals surface area contributed by atoms with Gasteiger partial charge in [0.2, 0.25) is 0 Å². The van der Waals surface area contributed by atoms with Crippen LogP contribution in [0.4, 0.5) is 11.4 Å². The highest BCUT2D eigenvalue weighted by Crippen LogP contribution is 2.25. The Morgan fingerprint density at radius 1 is 1.15 bits per heavy atom. The van der Waals surface area contributed by atoms with Crippen LogP contribution < -0.4 is 10.5 Å². The van der Waals surface area contributed by atoms with Crippen LogP contribution in [0.1, 0.15) is 5.56 Å². The van der Waals surface area contributed by atoms with Crippen LogP contribution in [0.2, 0.25) is 5.02 Å². The number of hydrogen-bond acceptors (Lipinski definition) is 5. The lowest BCUT2D eigenvalue weighted by atomic mass is 10.1. The van der Waals surface area contributed by atoms with Crippen molar-refractivity contribution in [2.75, 3.05) is 11.9 Å². The molecular formula is C18H15ClN4O3. The molecule has 0 saturated carbocycles. The van der Waals surface area contributed by atoms with Gasteiger partial charge in [-0.2, -0.15) is 9.78 Å². The average molecular weight is 371 g/mol. The van der Waals surface area contributed by atoms with Crippen LogP contribution in [0.25, 0.3) is 5.69 Å². The third-order valence-electron chi connectivity index (χ3n) is 3.91. The molecule has 7 nitrogen and oxygen atoms in total. The van der Waals surface area contributed by atoms with E-state index in [4.69, 9.17) is 11.6 Å². The minimum Gasteiger partial charge on any atom is -0.367 e. The van der Waals surface area contributed by atoms with E-state index in [2.05, 4.69) is 5.10 Å². The number of rotatable bonds is 5. The number of benzene rings is 2. The molecule has 0 unspecified atom stereocenters. The summed E-state index contributed by atoms with van der Waals surface area (Å²) in [6, 6.07) is 15.4. The number of para-hydroxylation sites is 2. The molecule has 0 amide bonds. The maximum atomic E-state index is 12.6. The van der Waals surface area contributed by atoms with E-state index in [9.17, 15) is 14.9 Å². The van der Waals surface area contributed by atoms with Crippen LogP contribution in [0.15, 0.2) is 65.6 Å². The zero-order chi connectivity index (χ0) is 18.7. The molecule has 0 radical (unpaired) electrons. The number of anilines is 1. The Morgan fingerprint density at radius 2 is 1.81 bits per heavy atom. The lowest BCUT2D eigenvalue weighted by molar-refractivity contribution is -0.385. The number of hydrogen-bond donors (Lipinski definition) is 0. The van der Waals surface area contributed by atoms with Gasteiger partial charge in [0, 0.05) is 25.2 Å².